The Balaban J connectivity index is 3.14. The van der Waals surface area contributed by atoms with E-state index in [1.54, 1.807) is 0 Å². The molecule has 66 valence electrons. The fourth-order valence-corrected chi connectivity index (χ4v) is 1.46. The van der Waals surface area contributed by atoms with Gasteiger partial charge in [-0.3, -0.25) is 0 Å². The highest BCUT2D eigenvalue weighted by Crippen LogP contribution is 2.15. The molecule has 0 saturated heterocycles. The van der Waals surface area contributed by atoms with Crippen LogP contribution in [0.4, 0.5) is 0 Å². The standard InChI is InChI=1S/C6H5BrO4S/c7-5-1-3-6(4-2-5)12(9,10)11-8/h1-4,8H. The van der Waals surface area contributed by atoms with E-state index < -0.39 is 10.1 Å². The molecule has 1 N–H and O–H groups in total. The fraction of sp³-hybridized carbons (Fsp3) is 0. The van der Waals surface area contributed by atoms with Gasteiger partial charge in [-0.1, -0.05) is 15.9 Å². The van der Waals surface area contributed by atoms with Crippen LogP contribution in [-0.4, -0.2) is 13.7 Å². The van der Waals surface area contributed by atoms with Crippen molar-refractivity contribution in [3.8, 4) is 0 Å². The van der Waals surface area contributed by atoms with Crippen molar-refractivity contribution in [2.75, 3.05) is 0 Å². The van der Waals surface area contributed by atoms with Crippen molar-refractivity contribution in [3.63, 3.8) is 0 Å². The minimum Gasteiger partial charge on any atom is -0.235 e. The zero-order valence-corrected chi connectivity index (χ0v) is 8.17. The molecular weight excluding hydrogens is 248 g/mol. The first kappa shape index (κ1) is 9.66. The van der Waals surface area contributed by atoms with Gasteiger partial charge in [0.25, 0.3) is 0 Å². The molecule has 0 aromatic heterocycles. The van der Waals surface area contributed by atoms with Crippen molar-refractivity contribution < 1.29 is 18.0 Å². The Morgan fingerprint density at radius 2 is 1.75 bits per heavy atom. The largest absolute Gasteiger partial charge is 0.323 e. The summed E-state index contributed by atoms with van der Waals surface area (Å²) in [6.45, 7) is 0. The minimum absolute atomic E-state index is 0.0896. The van der Waals surface area contributed by atoms with Gasteiger partial charge in [-0.15, -0.1) is 4.33 Å². The molecule has 0 aliphatic carbocycles. The Morgan fingerprint density at radius 3 is 2.17 bits per heavy atom. The predicted octanol–water partition coefficient (Wildman–Crippen LogP) is 1.63. The second-order valence-corrected chi connectivity index (χ2v) is 4.43. The summed E-state index contributed by atoms with van der Waals surface area (Å²) >= 11 is 3.14. The van der Waals surface area contributed by atoms with Crippen LogP contribution in [0.3, 0.4) is 0 Å². The Labute approximate surface area is 78.0 Å². The van der Waals surface area contributed by atoms with E-state index in [-0.39, 0.29) is 4.90 Å². The molecule has 12 heavy (non-hydrogen) atoms. The van der Waals surface area contributed by atoms with Crippen molar-refractivity contribution >= 4 is 26.0 Å². The lowest BCUT2D eigenvalue weighted by Crippen LogP contribution is -2.02. The maximum absolute atomic E-state index is 10.8. The van der Waals surface area contributed by atoms with Crippen LogP contribution in [0.5, 0.6) is 0 Å². The monoisotopic (exact) mass is 252 g/mol. The van der Waals surface area contributed by atoms with Gasteiger partial charge >= 0.3 is 10.1 Å². The predicted molar refractivity (Wildman–Crippen MR) is 45.0 cm³/mol. The van der Waals surface area contributed by atoms with Crippen molar-refractivity contribution in [2.45, 2.75) is 4.90 Å². The molecule has 0 spiro atoms. The quantitative estimate of drug-likeness (QED) is 0.642. The van der Waals surface area contributed by atoms with Crippen LogP contribution >= 0.6 is 15.9 Å². The molecule has 0 saturated carbocycles. The van der Waals surface area contributed by atoms with Gasteiger partial charge in [0.1, 0.15) is 0 Å². The Bertz CT molecular complexity index is 356. The first-order valence-electron chi connectivity index (χ1n) is 2.90. The van der Waals surface area contributed by atoms with Gasteiger partial charge in [0, 0.05) is 4.47 Å². The van der Waals surface area contributed by atoms with Crippen LogP contribution in [0.25, 0.3) is 0 Å². The van der Waals surface area contributed by atoms with Gasteiger partial charge in [-0.25, -0.2) is 5.26 Å². The molecule has 4 nitrogen and oxygen atoms in total. The van der Waals surface area contributed by atoms with Gasteiger partial charge in [0.15, 0.2) is 0 Å². The van der Waals surface area contributed by atoms with Crippen molar-refractivity contribution in [1.82, 2.24) is 0 Å². The van der Waals surface area contributed by atoms with Crippen molar-refractivity contribution in [1.29, 1.82) is 0 Å². The molecule has 0 fully saturated rings. The number of hydrogen-bond acceptors (Lipinski definition) is 4. The highest BCUT2D eigenvalue weighted by molar-refractivity contribution is 9.10. The van der Waals surface area contributed by atoms with Crippen LogP contribution in [0.2, 0.25) is 0 Å². The van der Waals surface area contributed by atoms with Gasteiger partial charge in [-0.05, 0) is 24.3 Å². The van der Waals surface area contributed by atoms with E-state index in [1.807, 2.05) is 0 Å². The van der Waals surface area contributed by atoms with Gasteiger partial charge in [0.05, 0.1) is 4.90 Å². The van der Waals surface area contributed by atoms with Crippen molar-refractivity contribution in [3.05, 3.63) is 28.7 Å². The third-order valence-electron chi connectivity index (χ3n) is 1.20. The zero-order chi connectivity index (χ0) is 9.19. The van der Waals surface area contributed by atoms with Crippen LogP contribution < -0.4 is 0 Å². The van der Waals surface area contributed by atoms with Crippen molar-refractivity contribution in [2.24, 2.45) is 0 Å². The normalized spacial score (nSPS) is 11.5. The topological polar surface area (TPSA) is 63.6 Å². The molecule has 0 radical (unpaired) electrons. The molecule has 0 unspecified atom stereocenters. The van der Waals surface area contributed by atoms with Crippen LogP contribution in [0, 0.1) is 0 Å². The highest BCUT2D eigenvalue weighted by atomic mass is 79.9. The average molecular weight is 253 g/mol. The van der Waals surface area contributed by atoms with E-state index in [0.29, 0.717) is 0 Å². The lowest BCUT2D eigenvalue weighted by molar-refractivity contribution is -0.130. The number of halogens is 1. The van der Waals surface area contributed by atoms with Gasteiger partial charge in [-0.2, -0.15) is 8.42 Å². The van der Waals surface area contributed by atoms with E-state index in [0.717, 1.165) is 4.47 Å². The minimum atomic E-state index is -3.98. The first-order valence-corrected chi connectivity index (χ1v) is 5.10. The molecule has 1 aromatic rings. The van der Waals surface area contributed by atoms with E-state index >= 15 is 0 Å². The first-order chi connectivity index (χ1) is 5.56. The SMILES string of the molecule is O=S(=O)(OO)c1ccc(Br)cc1. The Kier molecular flexibility index (Phi) is 2.84. The molecule has 1 rings (SSSR count). The number of rotatable bonds is 2. The second-order valence-electron chi connectivity index (χ2n) is 1.98. The Hall–Kier alpha value is -0.430. The van der Waals surface area contributed by atoms with Gasteiger partial charge < -0.3 is 0 Å². The van der Waals surface area contributed by atoms with E-state index in [1.165, 1.54) is 24.3 Å². The van der Waals surface area contributed by atoms with Crippen LogP contribution in [-0.2, 0) is 14.5 Å². The summed E-state index contributed by atoms with van der Waals surface area (Å²) in [6, 6.07) is 5.70. The molecule has 1 aromatic carbocycles. The summed E-state index contributed by atoms with van der Waals surface area (Å²) in [5, 5.41) is 8.02. The van der Waals surface area contributed by atoms with E-state index in [9.17, 15) is 8.42 Å². The van der Waals surface area contributed by atoms with E-state index in [4.69, 9.17) is 5.26 Å². The molecule has 0 aliphatic heterocycles. The number of benzene rings is 1. The van der Waals surface area contributed by atoms with Crippen LogP contribution in [0.1, 0.15) is 0 Å². The Morgan fingerprint density at radius 1 is 1.25 bits per heavy atom. The second kappa shape index (κ2) is 3.53. The molecule has 0 aliphatic rings. The molecule has 6 heteroatoms. The van der Waals surface area contributed by atoms with E-state index in [2.05, 4.69) is 20.3 Å². The summed E-state index contributed by atoms with van der Waals surface area (Å²) in [5.74, 6) is 0. The maximum atomic E-state index is 10.8. The molecule has 0 heterocycles. The number of hydrogen-bond donors (Lipinski definition) is 1. The summed E-state index contributed by atoms with van der Waals surface area (Å²) in [6.07, 6.45) is 0. The summed E-state index contributed by atoms with van der Waals surface area (Å²) < 4.78 is 25.7. The fourth-order valence-electron chi connectivity index (χ4n) is 0.644. The molecule has 0 atom stereocenters. The average Bonchev–Trinajstić information content (AvgIpc) is 2.05. The molecule has 0 amide bonds. The molecule has 0 bridgehead atoms. The summed E-state index contributed by atoms with van der Waals surface area (Å²) in [7, 11) is -3.98. The maximum Gasteiger partial charge on any atom is 0.323 e. The van der Waals surface area contributed by atoms with Crippen LogP contribution in [0.15, 0.2) is 33.6 Å². The summed E-state index contributed by atoms with van der Waals surface area (Å²) in [5.41, 5.74) is 0. The zero-order valence-electron chi connectivity index (χ0n) is 5.77. The van der Waals surface area contributed by atoms with Gasteiger partial charge in [0.2, 0.25) is 0 Å². The highest BCUT2D eigenvalue weighted by Gasteiger charge is 2.13. The smallest absolute Gasteiger partial charge is 0.235 e. The molecular formula is C6H5BrO4S. The lowest BCUT2D eigenvalue weighted by atomic mass is 10.4. The third-order valence-corrected chi connectivity index (χ3v) is 2.77. The third kappa shape index (κ3) is 2.04. The lowest BCUT2D eigenvalue weighted by Gasteiger charge is -1.97. The summed E-state index contributed by atoms with van der Waals surface area (Å²) in [4.78, 5) is -0.0896.